The van der Waals surface area contributed by atoms with E-state index < -0.39 is 0 Å². The Bertz CT molecular complexity index is 1160. The Morgan fingerprint density at radius 2 is 1.93 bits per heavy atom. The van der Waals surface area contributed by atoms with Crippen LogP contribution in [0.15, 0.2) is 82.8 Å². The van der Waals surface area contributed by atoms with Crippen LogP contribution < -0.4 is 5.32 Å². The summed E-state index contributed by atoms with van der Waals surface area (Å²) in [5, 5.41) is 15.8. The van der Waals surface area contributed by atoms with Gasteiger partial charge in [0.2, 0.25) is 0 Å². The van der Waals surface area contributed by atoms with Gasteiger partial charge >= 0.3 is 0 Å². The van der Waals surface area contributed by atoms with Crippen LogP contribution in [0.5, 0.6) is 0 Å². The summed E-state index contributed by atoms with van der Waals surface area (Å²) in [4.78, 5) is 17.1. The van der Waals surface area contributed by atoms with Crippen LogP contribution >= 0.6 is 11.8 Å². The lowest BCUT2D eigenvalue weighted by Crippen LogP contribution is -2.01. The molecule has 6 nitrogen and oxygen atoms in total. The second kappa shape index (κ2) is 8.36. The fourth-order valence-corrected chi connectivity index (χ4v) is 4.36. The van der Waals surface area contributed by atoms with Crippen LogP contribution in [-0.2, 0) is 6.54 Å². The highest BCUT2D eigenvalue weighted by Gasteiger charge is 2.17. The predicted molar refractivity (Wildman–Crippen MR) is 117 cm³/mol. The number of nitrogens with zero attached hydrogens (tertiary/aromatic N) is 3. The number of para-hydroxylation sites is 1. The zero-order chi connectivity index (χ0) is 20.2. The van der Waals surface area contributed by atoms with Crippen molar-refractivity contribution in [2.45, 2.75) is 23.3 Å². The quantitative estimate of drug-likeness (QED) is 0.322. The van der Waals surface area contributed by atoms with Crippen molar-refractivity contribution in [1.82, 2.24) is 9.55 Å². The van der Waals surface area contributed by atoms with Crippen molar-refractivity contribution in [1.29, 1.82) is 0 Å². The Kier molecular flexibility index (Phi) is 5.48. The van der Waals surface area contributed by atoms with Crippen molar-refractivity contribution < 1.29 is 4.92 Å². The number of hydrogen-bond donors (Lipinski definition) is 1. The highest BCUT2D eigenvalue weighted by molar-refractivity contribution is 7.99. The molecule has 2 aromatic heterocycles. The van der Waals surface area contributed by atoms with Crippen molar-refractivity contribution >= 4 is 34.0 Å². The van der Waals surface area contributed by atoms with Crippen LogP contribution in [0.25, 0.3) is 10.9 Å². The van der Waals surface area contributed by atoms with Gasteiger partial charge < -0.3 is 9.88 Å². The van der Waals surface area contributed by atoms with Crippen LogP contribution in [0.2, 0.25) is 0 Å². The summed E-state index contributed by atoms with van der Waals surface area (Å²) in [7, 11) is 0. The first-order chi connectivity index (χ1) is 14.2. The molecule has 0 spiro atoms. The van der Waals surface area contributed by atoms with Crippen molar-refractivity contribution in [3.8, 4) is 0 Å². The van der Waals surface area contributed by atoms with Gasteiger partial charge in [-0.1, -0.05) is 30.0 Å². The Morgan fingerprint density at radius 3 is 2.69 bits per heavy atom. The molecule has 146 valence electrons. The fourth-order valence-electron chi connectivity index (χ4n) is 3.26. The first kappa shape index (κ1) is 19.0. The highest BCUT2D eigenvalue weighted by Crippen LogP contribution is 2.39. The number of nitro groups is 1. The maximum atomic E-state index is 11.4. The summed E-state index contributed by atoms with van der Waals surface area (Å²) in [5.41, 5.74) is 3.19. The first-order valence-electron chi connectivity index (χ1n) is 9.33. The number of fused-ring (bicyclic) bond motifs is 1. The van der Waals surface area contributed by atoms with Gasteiger partial charge in [0.05, 0.1) is 27.6 Å². The Hall–Kier alpha value is -3.32. The lowest BCUT2D eigenvalue weighted by atomic mass is 10.2. The summed E-state index contributed by atoms with van der Waals surface area (Å²) in [5.74, 6) is 0. The molecule has 0 saturated carbocycles. The summed E-state index contributed by atoms with van der Waals surface area (Å²) in [6.45, 7) is 3.53. The molecular formula is C22H20N4O2S. The standard InChI is InChI=1S/C22H20N4O2S/c1-2-23-16-10-11-18-20(13-16)25(14-17-7-5-6-12-24-17)15-22(18)29-21-9-4-3-8-19(21)26(27)28/h3-13,15,23H,2,14H2,1H3. The highest BCUT2D eigenvalue weighted by atomic mass is 32.2. The molecule has 29 heavy (non-hydrogen) atoms. The van der Waals surface area contributed by atoms with Gasteiger partial charge in [-0.2, -0.15) is 0 Å². The van der Waals surface area contributed by atoms with Gasteiger partial charge in [-0.15, -0.1) is 0 Å². The molecule has 0 aliphatic heterocycles. The van der Waals surface area contributed by atoms with Gasteiger partial charge in [-0.05, 0) is 43.3 Å². The summed E-state index contributed by atoms with van der Waals surface area (Å²) in [6.07, 6.45) is 3.84. The minimum atomic E-state index is -0.335. The molecule has 1 N–H and O–H groups in total. The number of aromatic nitrogens is 2. The van der Waals surface area contributed by atoms with E-state index in [4.69, 9.17) is 0 Å². The average molecular weight is 404 g/mol. The molecule has 4 rings (SSSR count). The third-order valence-corrected chi connectivity index (χ3v) is 5.68. The number of nitrogens with one attached hydrogen (secondary N) is 1. The lowest BCUT2D eigenvalue weighted by molar-refractivity contribution is -0.387. The normalized spacial score (nSPS) is 10.9. The van der Waals surface area contributed by atoms with Crippen LogP contribution in [0, 0.1) is 10.1 Å². The van der Waals surface area contributed by atoms with Gasteiger partial charge in [0.15, 0.2) is 0 Å². The zero-order valence-electron chi connectivity index (χ0n) is 15.9. The molecule has 0 amide bonds. The number of hydrogen-bond acceptors (Lipinski definition) is 5. The number of pyridine rings is 1. The Morgan fingerprint density at radius 1 is 1.10 bits per heavy atom. The molecule has 0 saturated heterocycles. The molecule has 7 heteroatoms. The van der Waals surface area contributed by atoms with E-state index in [9.17, 15) is 10.1 Å². The third-order valence-electron chi connectivity index (χ3n) is 4.57. The third kappa shape index (κ3) is 4.09. The van der Waals surface area contributed by atoms with Crippen molar-refractivity contribution in [3.05, 3.63) is 88.9 Å². The lowest BCUT2D eigenvalue weighted by Gasteiger charge is -2.07. The molecule has 4 aromatic rings. The maximum absolute atomic E-state index is 11.4. The van der Waals surface area contributed by atoms with Crippen LogP contribution in [0.1, 0.15) is 12.6 Å². The van der Waals surface area contributed by atoms with E-state index in [0.29, 0.717) is 11.4 Å². The predicted octanol–water partition coefficient (Wildman–Crippen LogP) is 5.58. The van der Waals surface area contributed by atoms with E-state index >= 15 is 0 Å². The van der Waals surface area contributed by atoms with Crippen LogP contribution in [-0.4, -0.2) is 21.0 Å². The SMILES string of the molecule is CCNc1ccc2c(Sc3ccccc3[N+](=O)[O-])cn(Cc3ccccn3)c2c1. The second-order valence-corrected chi connectivity index (χ2v) is 7.62. The topological polar surface area (TPSA) is 73.0 Å². The average Bonchev–Trinajstić information content (AvgIpc) is 3.06. The van der Waals surface area contributed by atoms with E-state index in [1.807, 2.05) is 30.3 Å². The molecule has 0 atom stereocenters. The molecule has 0 unspecified atom stereocenters. The van der Waals surface area contributed by atoms with Gasteiger partial charge in [0.25, 0.3) is 5.69 Å². The van der Waals surface area contributed by atoms with Gasteiger partial charge in [-0.3, -0.25) is 15.1 Å². The largest absolute Gasteiger partial charge is 0.385 e. The minimum absolute atomic E-state index is 0.118. The smallest absolute Gasteiger partial charge is 0.283 e. The van der Waals surface area contributed by atoms with Crippen LogP contribution in [0.4, 0.5) is 11.4 Å². The monoisotopic (exact) mass is 404 g/mol. The van der Waals surface area contributed by atoms with E-state index in [2.05, 4.69) is 40.1 Å². The van der Waals surface area contributed by atoms with Gasteiger partial charge in [-0.25, -0.2) is 0 Å². The van der Waals surface area contributed by atoms with E-state index in [-0.39, 0.29) is 10.6 Å². The van der Waals surface area contributed by atoms with E-state index in [0.717, 1.165) is 33.7 Å². The van der Waals surface area contributed by atoms with Gasteiger partial charge in [0, 0.05) is 41.0 Å². The van der Waals surface area contributed by atoms with E-state index in [1.54, 1.807) is 24.4 Å². The number of benzene rings is 2. The Balaban J connectivity index is 1.79. The van der Waals surface area contributed by atoms with Crippen molar-refractivity contribution in [3.63, 3.8) is 0 Å². The van der Waals surface area contributed by atoms with Crippen molar-refractivity contribution in [2.75, 3.05) is 11.9 Å². The molecule has 0 bridgehead atoms. The first-order valence-corrected chi connectivity index (χ1v) is 10.2. The van der Waals surface area contributed by atoms with Gasteiger partial charge in [0.1, 0.15) is 0 Å². The summed E-state index contributed by atoms with van der Waals surface area (Å²) in [6, 6.07) is 18.9. The summed E-state index contributed by atoms with van der Waals surface area (Å²) < 4.78 is 2.15. The second-order valence-electron chi connectivity index (χ2n) is 6.53. The number of anilines is 1. The molecule has 0 radical (unpaired) electrons. The molecule has 0 aliphatic rings. The molecule has 2 heterocycles. The maximum Gasteiger partial charge on any atom is 0.283 e. The number of rotatable bonds is 7. The van der Waals surface area contributed by atoms with Crippen molar-refractivity contribution in [2.24, 2.45) is 0 Å². The zero-order valence-corrected chi connectivity index (χ0v) is 16.7. The summed E-state index contributed by atoms with van der Waals surface area (Å²) >= 11 is 1.42. The minimum Gasteiger partial charge on any atom is -0.385 e. The molecule has 0 aliphatic carbocycles. The van der Waals surface area contributed by atoms with E-state index in [1.165, 1.54) is 11.8 Å². The van der Waals surface area contributed by atoms with Crippen LogP contribution in [0.3, 0.4) is 0 Å². The molecule has 0 fully saturated rings. The number of nitro benzene ring substituents is 1. The fraction of sp³-hybridized carbons (Fsp3) is 0.136. The Labute approximate surface area is 172 Å². The molecule has 2 aromatic carbocycles. The molecular weight excluding hydrogens is 384 g/mol.